The Balaban J connectivity index is 1.78. The van der Waals surface area contributed by atoms with Crippen LogP contribution in [0.25, 0.3) is 22.3 Å². The molecule has 0 spiro atoms. The van der Waals surface area contributed by atoms with Crippen molar-refractivity contribution in [3.8, 4) is 11.3 Å². The lowest BCUT2D eigenvalue weighted by Gasteiger charge is -2.25. The molecule has 0 aliphatic carbocycles. The van der Waals surface area contributed by atoms with Crippen molar-refractivity contribution in [3.63, 3.8) is 0 Å². The lowest BCUT2D eigenvalue weighted by atomic mass is 10.1. The number of hydrogen-bond donors (Lipinski definition) is 1. The van der Waals surface area contributed by atoms with E-state index in [4.69, 9.17) is 4.98 Å². The zero-order valence-electron chi connectivity index (χ0n) is 17.6. The van der Waals surface area contributed by atoms with Crippen LogP contribution in [-0.2, 0) is 7.05 Å². The standard InChI is InChI=1S/C23H23FN6O/c1-4-7-30(19-9-15(23(31)25-2)8-17(24)10-19)18-5-6-20-21(11-18)28-22(13-26-20)16-12-27-29(3)14-16/h5-6,8-14H,4,7H2,1-3H3,(H,25,31). The molecule has 0 unspecified atom stereocenters. The molecule has 31 heavy (non-hydrogen) atoms. The molecule has 0 saturated heterocycles. The maximum Gasteiger partial charge on any atom is 0.251 e. The van der Waals surface area contributed by atoms with E-state index in [9.17, 15) is 9.18 Å². The second kappa shape index (κ2) is 8.51. The first-order chi connectivity index (χ1) is 15.0. The average Bonchev–Trinajstić information content (AvgIpc) is 3.22. The minimum absolute atomic E-state index is 0.276. The molecular weight excluding hydrogens is 395 g/mol. The maximum absolute atomic E-state index is 14.3. The van der Waals surface area contributed by atoms with Gasteiger partial charge in [-0.05, 0) is 42.8 Å². The first-order valence-corrected chi connectivity index (χ1v) is 10.0. The molecule has 0 bridgehead atoms. The van der Waals surface area contributed by atoms with E-state index in [2.05, 4.69) is 15.4 Å². The average molecular weight is 418 g/mol. The van der Waals surface area contributed by atoms with Crippen LogP contribution in [0.2, 0.25) is 0 Å². The van der Waals surface area contributed by atoms with Crippen molar-refractivity contribution in [1.82, 2.24) is 25.1 Å². The van der Waals surface area contributed by atoms with Gasteiger partial charge >= 0.3 is 0 Å². The predicted molar refractivity (Wildman–Crippen MR) is 119 cm³/mol. The third-order valence-electron chi connectivity index (χ3n) is 4.97. The molecule has 0 radical (unpaired) electrons. The van der Waals surface area contributed by atoms with Gasteiger partial charge in [0.2, 0.25) is 0 Å². The van der Waals surface area contributed by atoms with E-state index in [1.807, 2.05) is 43.3 Å². The van der Waals surface area contributed by atoms with Crippen molar-refractivity contribution in [2.45, 2.75) is 13.3 Å². The monoisotopic (exact) mass is 418 g/mol. The highest BCUT2D eigenvalue weighted by Crippen LogP contribution is 2.30. The number of hydrogen-bond acceptors (Lipinski definition) is 5. The van der Waals surface area contributed by atoms with E-state index < -0.39 is 5.82 Å². The van der Waals surface area contributed by atoms with Crippen molar-refractivity contribution in [1.29, 1.82) is 0 Å². The Morgan fingerprint density at radius 3 is 2.68 bits per heavy atom. The first kappa shape index (κ1) is 20.5. The van der Waals surface area contributed by atoms with Gasteiger partial charge < -0.3 is 10.2 Å². The summed E-state index contributed by atoms with van der Waals surface area (Å²) in [6, 6.07) is 10.1. The van der Waals surface area contributed by atoms with Crippen LogP contribution in [-0.4, -0.2) is 39.2 Å². The van der Waals surface area contributed by atoms with Gasteiger partial charge in [0.05, 0.1) is 29.1 Å². The zero-order valence-corrected chi connectivity index (χ0v) is 17.6. The molecule has 4 aromatic rings. The second-order valence-corrected chi connectivity index (χ2v) is 7.26. The lowest BCUT2D eigenvalue weighted by molar-refractivity contribution is 0.0962. The fraction of sp³-hybridized carbons (Fsp3) is 0.217. The normalized spacial score (nSPS) is 11.0. The molecule has 0 aliphatic rings. The number of nitrogens with zero attached hydrogens (tertiary/aromatic N) is 5. The van der Waals surface area contributed by atoms with E-state index in [1.54, 1.807) is 23.1 Å². The number of rotatable bonds is 6. The molecule has 2 aromatic carbocycles. The Hall–Kier alpha value is -3.81. The molecule has 1 N–H and O–H groups in total. The van der Waals surface area contributed by atoms with Gasteiger partial charge in [0, 0.05) is 49.3 Å². The fourth-order valence-electron chi connectivity index (χ4n) is 3.50. The van der Waals surface area contributed by atoms with Crippen LogP contribution in [0, 0.1) is 5.82 Å². The van der Waals surface area contributed by atoms with E-state index in [0.717, 1.165) is 34.4 Å². The molecule has 1 amide bonds. The third-order valence-corrected chi connectivity index (χ3v) is 4.97. The van der Waals surface area contributed by atoms with Crippen molar-refractivity contribution in [2.24, 2.45) is 7.05 Å². The number of amides is 1. The van der Waals surface area contributed by atoms with Gasteiger partial charge in [0.15, 0.2) is 0 Å². The van der Waals surface area contributed by atoms with Crippen LogP contribution >= 0.6 is 0 Å². The van der Waals surface area contributed by atoms with Crippen molar-refractivity contribution in [3.05, 3.63) is 66.4 Å². The molecule has 7 nitrogen and oxygen atoms in total. The minimum Gasteiger partial charge on any atom is -0.355 e. The number of aryl methyl sites for hydroxylation is 1. The molecule has 0 saturated carbocycles. The molecule has 0 atom stereocenters. The van der Waals surface area contributed by atoms with Crippen molar-refractivity contribution < 1.29 is 9.18 Å². The SMILES string of the molecule is CCCN(c1cc(F)cc(C(=O)NC)c1)c1ccc2ncc(-c3cnn(C)c3)nc2c1. The summed E-state index contributed by atoms with van der Waals surface area (Å²) in [6.07, 6.45) is 6.20. The summed E-state index contributed by atoms with van der Waals surface area (Å²) in [6.45, 7) is 2.70. The molecular formula is C23H23FN6O. The topological polar surface area (TPSA) is 75.9 Å². The van der Waals surface area contributed by atoms with Crippen molar-refractivity contribution in [2.75, 3.05) is 18.5 Å². The Morgan fingerprint density at radius 1 is 1.13 bits per heavy atom. The number of carbonyl (C=O) groups excluding carboxylic acids is 1. The summed E-state index contributed by atoms with van der Waals surface area (Å²) in [4.78, 5) is 23.3. The number of aromatic nitrogens is 4. The number of carbonyl (C=O) groups is 1. The van der Waals surface area contributed by atoms with Gasteiger partial charge in [0.1, 0.15) is 5.82 Å². The highest BCUT2D eigenvalue weighted by Gasteiger charge is 2.15. The summed E-state index contributed by atoms with van der Waals surface area (Å²) in [7, 11) is 3.38. The first-order valence-electron chi connectivity index (χ1n) is 10.0. The molecule has 0 fully saturated rings. The minimum atomic E-state index is -0.461. The Morgan fingerprint density at radius 2 is 1.97 bits per heavy atom. The van der Waals surface area contributed by atoms with Crippen LogP contribution in [0.15, 0.2) is 55.0 Å². The highest BCUT2D eigenvalue weighted by atomic mass is 19.1. The smallest absolute Gasteiger partial charge is 0.251 e. The van der Waals surface area contributed by atoms with Crippen LogP contribution in [0.1, 0.15) is 23.7 Å². The summed E-state index contributed by atoms with van der Waals surface area (Å²) < 4.78 is 16.0. The molecule has 2 heterocycles. The van der Waals surface area contributed by atoms with E-state index in [0.29, 0.717) is 12.2 Å². The number of halogens is 1. The van der Waals surface area contributed by atoms with E-state index in [1.165, 1.54) is 19.2 Å². The van der Waals surface area contributed by atoms with Gasteiger partial charge in [-0.2, -0.15) is 5.10 Å². The Kier molecular flexibility index (Phi) is 5.62. The Bertz CT molecular complexity index is 1250. The van der Waals surface area contributed by atoms with Crippen LogP contribution in [0.3, 0.4) is 0 Å². The summed E-state index contributed by atoms with van der Waals surface area (Å²) in [5.74, 6) is -0.792. The number of fused-ring (bicyclic) bond motifs is 1. The summed E-state index contributed by atoms with van der Waals surface area (Å²) in [5.41, 5.74) is 4.83. The van der Waals surface area contributed by atoms with Gasteiger partial charge in [-0.3, -0.25) is 14.5 Å². The largest absolute Gasteiger partial charge is 0.355 e. The van der Waals surface area contributed by atoms with Gasteiger partial charge in [-0.1, -0.05) is 6.92 Å². The lowest BCUT2D eigenvalue weighted by Crippen LogP contribution is -2.21. The van der Waals surface area contributed by atoms with Gasteiger partial charge in [-0.15, -0.1) is 0 Å². The summed E-state index contributed by atoms with van der Waals surface area (Å²) >= 11 is 0. The van der Waals surface area contributed by atoms with Crippen LogP contribution in [0.5, 0.6) is 0 Å². The van der Waals surface area contributed by atoms with E-state index in [-0.39, 0.29) is 11.5 Å². The highest BCUT2D eigenvalue weighted by molar-refractivity contribution is 5.95. The number of anilines is 2. The predicted octanol–water partition coefficient (Wildman–Crippen LogP) is 4.08. The number of nitrogens with one attached hydrogen (secondary N) is 1. The van der Waals surface area contributed by atoms with Crippen molar-refractivity contribution >= 4 is 28.3 Å². The zero-order chi connectivity index (χ0) is 22.0. The van der Waals surface area contributed by atoms with E-state index >= 15 is 0 Å². The maximum atomic E-state index is 14.3. The molecule has 4 rings (SSSR count). The molecule has 158 valence electrons. The summed E-state index contributed by atoms with van der Waals surface area (Å²) in [5, 5.41) is 6.74. The van der Waals surface area contributed by atoms with Crippen LogP contribution in [0.4, 0.5) is 15.8 Å². The van der Waals surface area contributed by atoms with Gasteiger partial charge in [0.25, 0.3) is 5.91 Å². The van der Waals surface area contributed by atoms with Gasteiger partial charge in [-0.25, -0.2) is 9.37 Å². The fourth-order valence-corrected chi connectivity index (χ4v) is 3.50. The second-order valence-electron chi connectivity index (χ2n) is 7.26. The molecule has 8 heteroatoms. The molecule has 0 aliphatic heterocycles. The molecule has 2 aromatic heterocycles. The quantitative estimate of drug-likeness (QED) is 0.511. The Labute approximate surface area is 179 Å². The van der Waals surface area contributed by atoms with Crippen LogP contribution < -0.4 is 10.2 Å². The number of benzene rings is 2. The third kappa shape index (κ3) is 4.23.